The minimum atomic E-state index is 0.0157. The summed E-state index contributed by atoms with van der Waals surface area (Å²) in [5.74, 6) is 0.635. The fourth-order valence-electron chi connectivity index (χ4n) is 1.71. The molecule has 1 heterocycles. The average molecular weight is 231 g/mol. The van der Waals surface area contributed by atoms with Gasteiger partial charge in [-0.3, -0.25) is 15.1 Å². The van der Waals surface area contributed by atoms with Crippen molar-refractivity contribution in [3.05, 3.63) is 35.9 Å². The molecule has 0 bridgehead atoms. The second-order valence-corrected chi connectivity index (χ2v) is 4.04. The summed E-state index contributed by atoms with van der Waals surface area (Å²) in [4.78, 5) is 15.9. The van der Waals surface area contributed by atoms with Crippen LogP contribution in [0.5, 0.6) is 0 Å². The lowest BCUT2D eigenvalue weighted by Gasteiger charge is -2.14. The van der Waals surface area contributed by atoms with Crippen LogP contribution in [0.4, 0.5) is 0 Å². The van der Waals surface area contributed by atoms with Gasteiger partial charge in [0, 0.05) is 19.5 Å². The number of nitrogens with one attached hydrogen (secondary N) is 2. The molecule has 0 aliphatic carbocycles. The van der Waals surface area contributed by atoms with Crippen molar-refractivity contribution in [2.45, 2.75) is 19.3 Å². The predicted octanol–water partition coefficient (Wildman–Crippen LogP) is 1.08. The van der Waals surface area contributed by atoms with Crippen molar-refractivity contribution in [1.29, 1.82) is 0 Å². The molecule has 0 unspecified atom stereocenters. The number of hydrogen-bond donors (Lipinski definition) is 2. The van der Waals surface area contributed by atoms with E-state index in [1.54, 1.807) is 0 Å². The molecular weight excluding hydrogens is 214 g/mol. The van der Waals surface area contributed by atoms with Crippen LogP contribution < -0.4 is 10.6 Å². The van der Waals surface area contributed by atoms with Crippen molar-refractivity contribution >= 4 is 11.9 Å². The smallest absolute Gasteiger partial charge is 0.226 e. The van der Waals surface area contributed by atoms with Crippen LogP contribution in [-0.4, -0.2) is 25.0 Å². The molecule has 0 spiro atoms. The van der Waals surface area contributed by atoms with E-state index in [1.165, 1.54) is 5.56 Å². The fourth-order valence-corrected chi connectivity index (χ4v) is 1.71. The van der Waals surface area contributed by atoms with Gasteiger partial charge in [0.2, 0.25) is 5.91 Å². The normalized spacial score (nSPS) is 14.7. The van der Waals surface area contributed by atoms with E-state index in [0.717, 1.165) is 25.9 Å². The summed E-state index contributed by atoms with van der Waals surface area (Å²) in [6.07, 6.45) is 2.29. The number of carbonyl (C=O) groups is 1. The standard InChI is InChI=1S/C13H17N3O/c17-12(16-13-14-9-4-10-15-13)8-7-11-5-2-1-3-6-11/h1-3,5-6H,4,7-10H2,(H2,14,15,16,17). The summed E-state index contributed by atoms with van der Waals surface area (Å²) in [5.41, 5.74) is 1.18. The fraction of sp³-hybridized carbons (Fsp3) is 0.385. The molecule has 0 fully saturated rings. The molecule has 1 aliphatic rings. The van der Waals surface area contributed by atoms with E-state index in [-0.39, 0.29) is 5.91 Å². The van der Waals surface area contributed by atoms with Crippen LogP contribution >= 0.6 is 0 Å². The van der Waals surface area contributed by atoms with E-state index in [0.29, 0.717) is 12.4 Å². The summed E-state index contributed by atoms with van der Waals surface area (Å²) in [5, 5.41) is 5.86. The highest BCUT2D eigenvalue weighted by atomic mass is 16.1. The minimum Gasteiger partial charge on any atom is -0.356 e. The van der Waals surface area contributed by atoms with Gasteiger partial charge in [-0.2, -0.15) is 0 Å². The van der Waals surface area contributed by atoms with Gasteiger partial charge < -0.3 is 5.32 Å². The van der Waals surface area contributed by atoms with Gasteiger partial charge in [0.05, 0.1) is 0 Å². The van der Waals surface area contributed by atoms with E-state index >= 15 is 0 Å². The maximum atomic E-state index is 11.7. The molecule has 0 aromatic heterocycles. The lowest BCUT2D eigenvalue weighted by atomic mass is 10.1. The van der Waals surface area contributed by atoms with Crippen LogP contribution in [0.15, 0.2) is 35.3 Å². The Morgan fingerprint density at radius 1 is 1.35 bits per heavy atom. The molecule has 0 saturated heterocycles. The van der Waals surface area contributed by atoms with Crippen molar-refractivity contribution in [3.63, 3.8) is 0 Å². The first-order chi connectivity index (χ1) is 8.34. The summed E-state index contributed by atoms with van der Waals surface area (Å²) in [6.45, 7) is 1.68. The van der Waals surface area contributed by atoms with Crippen molar-refractivity contribution < 1.29 is 4.79 Å². The highest BCUT2D eigenvalue weighted by Crippen LogP contribution is 2.02. The molecular formula is C13H17N3O. The number of aryl methyl sites for hydroxylation is 1. The van der Waals surface area contributed by atoms with Gasteiger partial charge >= 0.3 is 0 Å². The monoisotopic (exact) mass is 231 g/mol. The SMILES string of the molecule is O=C(CCc1ccccc1)NC1=NCCCN1. The lowest BCUT2D eigenvalue weighted by Crippen LogP contribution is -2.43. The minimum absolute atomic E-state index is 0.0157. The molecule has 4 nitrogen and oxygen atoms in total. The zero-order chi connectivity index (χ0) is 11.9. The van der Waals surface area contributed by atoms with Crippen LogP contribution in [0.3, 0.4) is 0 Å². The van der Waals surface area contributed by atoms with E-state index < -0.39 is 0 Å². The number of benzene rings is 1. The molecule has 90 valence electrons. The van der Waals surface area contributed by atoms with Gasteiger partial charge in [-0.1, -0.05) is 30.3 Å². The average Bonchev–Trinajstić information content (AvgIpc) is 2.39. The molecule has 0 atom stereocenters. The third-order valence-corrected chi connectivity index (χ3v) is 2.64. The van der Waals surface area contributed by atoms with Gasteiger partial charge in [0.15, 0.2) is 5.96 Å². The highest BCUT2D eigenvalue weighted by molar-refractivity contribution is 5.97. The van der Waals surface area contributed by atoms with Gasteiger partial charge in [0.1, 0.15) is 0 Å². The molecule has 0 radical (unpaired) electrons. The number of amides is 1. The maximum Gasteiger partial charge on any atom is 0.226 e. The third kappa shape index (κ3) is 3.90. The Hall–Kier alpha value is -1.84. The van der Waals surface area contributed by atoms with Crippen LogP contribution in [0.2, 0.25) is 0 Å². The number of nitrogens with zero attached hydrogens (tertiary/aromatic N) is 1. The number of carbonyl (C=O) groups excluding carboxylic acids is 1. The van der Waals surface area contributed by atoms with Crippen LogP contribution in [0.1, 0.15) is 18.4 Å². The quantitative estimate of drug-likeness (QED) is 0.818. The number of guanidine groups is 1. The lowest BCUT2D eigenvalue weighted by molar-refractivity contribution is -0.119. The van der Waals surface area contributed by atoms with Crippen molar-refractivity contribution in [3.8, 4) is 0 Å². The number of rotatable bonds is 3. The Labute approximate surface area is 101 Å². The summed E-state index contributed by atoms with van der Waals surface area (Å²) >= 11 is 0. The summed E-state index contributed by atoms with van der Waals surface area (Å²) < 4.78 is 0. The number of aliphatic imine (C=N–C) groups is 1. The van der Waals surface area contributed by atoms with Gasteiger partial charge in [-0.25, -0.2) is 0 Å². The van der Waals surface area contributed by atoms with Crippen molar-refractivity contribution in [1.82, 2.24) is 10.6 Å². The predicted molar refractivity (Wildman–Crippen MR) is 67.8 cm³/mol. The number of hydrogen-bond acceptors (Lipinski definition) is 3. The van der Waals surface area contributed by atoms with Crippen LogP contribution in [0, 0.1) is 0 Å². The Kier molecular flexibility index (Phi) is 4.13. The molecule has 1 aromatic rings. The molecule has 4 heteroatoms. The zero-order valence-electron chi connectivity index (χ0n) is 9.78. The van der Waals surface area contributed by atoms with Crippen molar-refractivity contribution in [2.75, 3.05) is 13.1 Å². The Morgan fingerprint density at radius 2 is 2.18 bits per heavy atom. The Balaban J connectivity index is 1.76. The Morgan fingerprint density at radius 3 is 2.88 bits per heavy atom. The topological polar surface area (TPSA) is 53.5 Å². The second-order valence-electron chi connectivity index (χ2n) is 4.04. The zero-order valence-corrected chi connectivity index (χ0v) is 9.78. The first-order valence-electron chi connectivity index (χ1n) is 5.97. The first-order valence-corrected chi connectivity index (χ1v) is 5.97. The van der Waals surface area contributed by atoms with E-state index in [4.69, 9.17) is 0 Å². The molecule has 1 aliphatic heterocycles. The molecule has 1 aromatic carbocycles. The van der Waals surface area contributed by atoms with Crippen LogP contribution in [0.25, 0.3) is 0 Å². The summed E-state index contributed by atoms with van der Waals surface area (Å²) in [7, 11) is 0. The third-order valence-electron chi connectivity index (χ3n) is 2.64. The summed E-state index contributed by atoms with van der Waals surface area (Å²) in [6, 6.07) is 10.0. The van der Waals surface area contributed by atoms with Gasteiger partial charge in [-0.05, 0) is 18.4 Å². The second kappa shape index (κ2) is 6.03. The molecule has 2 N–H and O–H groups in total. The van der Waals surface area contributed by atoms with E-state index in [2.05, 4.69) is 15.6 Å². The molecule has 0 saturated carbocycles. The largest absolute Gasteiger partial charge is 0.356 e. The first kappa shape index (κ1) is 11.6. The highest BCUT2D eigenvalue weighted by Gasteiger charge is 2.08. The molecule has 2 rings (SSSR count). The molecule has 1 amide bonds. The van der Waals surface area contributed by atoms with E-state index in [9.17, 15) is 4.79 Å². The van der Waals surface area contributed by atoms with Crippen LogP contribution in [-0.2, 0) is 11.2 Å². The Bertz CT molecular complexity index is 400. The molecule has 17 heavy (non-hydrogen) atoms. The van der Waals surface area contributed by atoms with Gasteiger partial charge in [-0.15, -0.1) is 0 Å². The maximum absolute atomic E-state index is 11.7. The van der Waals surface area contributed by atoms with E-state index in [1.807, 2.05) is 30.3 Å². The van der Waals surface area contributed by atoms with Crippen molar-refractivity contribution in [2.24, 2.45) is 4.99 Å². The van der Waals surface area contributed by atoms with Gasteiger partial charge in [0.25, 0.3) is 0 Å².